The Morgan fingerprint density at radius 3 is 2.55 bits per heavy atom. The zero-order valence-electron chi connectivity index (χ0n) is 11.4. The smallest absolute Gasteiger partial charge is 0.168 e. The highest BCUT2D eigenvalue weighted by Crippen LogP contribution is 2.40. The van der Waals surface area contributed by atoms with Gasteiger partial charge < -0.3 is 15.3 Å². The van der Waals surface area contributed by atoms with Gasteiger partial charge in [-0.05, 0) is 32.6 Å². The van der Waals surface area contributed by atoms with Crippen LogP contribution in [0.15, 0.2) is 6.07 Å². The second-order valence-electron chi connectivity index (χ2n) is 5.57. The SMILES string of the molecule is CCNc1nc(N2C3CCC2CC(O)C3)c(F)cc1F. The molecule has 1 aromatic rings. The molecule has 4 nitrogen and oxygen atoms in total. The third kappa shape index (κ3) is 2.22. The Labute approximate surface area is 116 Å². The van der Waals surface area contributed by atoms with Crippen LogP contribution >= 0.6 is 0 Å². The van der Waals surface area contributed by atoms with Gasteiger partial charge in [0.25, 0.3) is 0 Å². The number of anilines is 2. The zero-order chi connectivity index (χ0) is 14.3. The van der Waals surface area contributed by atoms with Crippen LogP contribution in [0.4, 0.5) is 20.4 Å². The van der Waals surface area contributed by atoms with Crippen LogP contribution in [0.25, 0.3) is 0 Å². The van der Waals surface area contributed by atoms with Crippen LogP contribution in [0.1, 0.15) is 32.6 Å². The molecule has 1 aromatic heterocycles. The molecule has 2 N–H and O–H groups in total. The molecular formula is C14H19F2N3O. The lowest BCUT2D eigenvalue weighted by Gasteiger charge is -2.38. The molecule has 2 bridgehead atoms. The summed E-state index contributed by atoms with van der Waals surface area (Å²) in [6.45, 7) is 2.37. The molecule has 0 aromatic carbocycles. The van der Waals surface area contributed by atoms with Crippen molar-refractivity contribution in [2.45, 2.75) is 50.8 Å². The van der Waals surface area contributed by atoms with Gasteiger partial charge >= 0.3 is 0 Å². The monoisotopic (exact) mass is 283 g/mol. The van der Waals surface area contributed by atoms with E-state index in [1.807, 2.05) is 11.8 Å². The van der Waals surface area contributed by atoms with Crippen LogP contribution in [0.2, 0.25) is 0 Å². The largest absolute Gasteiger partial charge is 0.393 e. The fourth-order valence-corrected chi connectivity index (χ4v) is 3.42. The number of hydrogen-bond acceptors (Lipinski definition) is 4. The third-order valence-corrected chi connectivity index (χ3v) is 4.21. The summed E-state index contributed by atoms with van der Waals surface area (Å²) in [5, 5.41) is 12.6. The van der Waals surface area contributed by atoms with E-state index >= 15 is 0 Å². The molecule has 0 spiro atoms. The highest BCUT2D eigenvalue weighted by atomic mass is 19.1. The van der Waals surface area contributed by atoms with Gasteiger partial charge in [0.05, 0.1) is 6.10 Å². The number of aromatic nitrogens is 1. The Balaban J connectivity index is 1.96. The third-order valence-electron chi connectivity index (χ3n) is 4.21. The number of piperidine rings is 1. The highest BCUT2D eigenvalue weighted by Gasteiger charge is 2.42. The summed E-state index contributed by atoms with van der Waals surface area (Å²) < 4.78 is 27.7. The van der Waals surface area contributed by atoms with Crippen LogP contribution in [-0.4, -0.2) is 34.8 Å². The second-order valence-corrected chi connectivity index (χ2v) is 5.57. The Bertz CT molecular complexity index is 497. The van der Waals surface area contributed by atoms with Gasteiger partial charge in [0.15, 0.2) is 23.3 Å². The summed E-state index contributed by atoms with van der Waals surface area (Å²) in [6.07, 6.45) is 2.80. The van der Waals surface area contributed by atoms with Gasteiger partial charge in [0.2, 0.25) is 0 Å². The fourth-order valence-electron chi connectivity index (χ4n) is 3.42. The predicted molar refractivity (Wildman–Crippen MR) is 72.8 cm³/mol. The van der Waals surface area contributed by atoms with E-state index in [0.717, 1.165) is 18.9 Å². The van der Waals surface area contributed by atoms with Gasteiger partial charge in [0.1, 0.15) is 0 Å². The number of aliphatic hydroxyl groups is 1. The lowest BCUT2D eigenvalue weighted by molar-refractivity contribution is 0.125. The predicted octanol–water partition coefficient (Wildman–Crippen LogP) is 2.28. The number of halogens is 2. The number of pyridine rings is 1. The molecule has 2 fully saturated rings. The summed E-state index contributed by atoms with van der Waals surface area (Å²) >= 11 is 0. The van der Waals surface area contributed by atoms with E-state index in [9.17, 15) is 13.9 Å². The number of rotatable bonds is 3. The first-order valence-electron chi connectivity index (χ1n) is 7.16. The van der Waals surface area contributed by atoms with Crippen molar-refractivity contribution in [2.75, 3.05) is 16.8 Å². The minimum Gasteiger partial charge on any atom is -0.393 e. The molecule has 2 saturated heterocycles. The average Bonchev–Trinajstić information content (AvgIpc) is 2.65. The first-order chi connectivity index (χ1) is 9.60. The molecule has 20 heavy (non-hydrogen) atoms. The van der Waals surface area contributed by atoms with Crippen molar-refractivity contribution in [3.8, 4) is 0 Å². The number of nitrogens with zero attached hydrogens (tertiary/aromatic N) is 2. The van der Waals surface area contributed by atoms with Crippen molar-refractivity contribution in [3.05, 3.63) is 17.7 Å². The molecule has 2 unspecified atom stereocenters. The van der Waals surface area contributed by atoms with Crippen LogP contribution < -0.4 is 10.2 Å². The number of aliphatic hydroxyl groups excluding tert-OH is 1. The van der Waals surface area contributed by atoms with Crippen molar-refractivity contribution in [1.29, 1.82) is 0 Å². The van der Waals surface area contributed by atoms with E-state index in [-0.39, 0.29) is 29.8 Å². The topological polar surface area (TPSA) is 48.4 Å². The van der Waals surface area contributed by atoms with E-state index in [0.29, 0.717) is 19.4 Å². The maximum absolute atomic E-state index is 14.1. The lowest BCUT2D eigenvalue weighted by Crippen LogP contribution is -2.45. The number of fused-ring (bicyclic) bond motifs is 2. The van der Waals surface area contributed by atoms with Crippen LogP contribution in [0.3, 0.4) is 0 Å². The first-order valence-corrected chi connectivity index (χ1v) is 7.16. The van der Waals surface area contributed by atoms with Crippen LogP contribution in [-0.2, 0) is 0 Å². The zero-order valence-corrected chi connectivity index (χ0v) is 11.4. The minimum atomic E-state index is -0.669. The molecule has 0 saturated carbocycles. The molecule has 2 aliphatic heterocycles. The standard InChI is InChI=1S/C14H19F2N3O/c1-2-17-13-11(15)7-12(16)14(18-13)19-8-3-4-9(19)6-10(20)5-8/h7-10,20H,2-6H2,1H3,(H,17,18). The molecule has 6 heteroatoms. The number of nitrogens with one attached hydrogen (secondary N) is 1. The molecular weight excluding hydrogens is 264 g/mol. The Kier molecular flexibility index (Phi) is 3.50. The van der Waals surface area contributed by atoms with E-state index in [1.54, 1.807) is 0 Å². The fraction of sp³-hybridized carbons (Fsp3) is 0.643. The van der Waals surface area contributed by atoms with E-state index in [2.05, 4.69) is 10.3 Å². The summed E-state index contributed by atoms with van der Waals surface area (Å²) in [4.78, 5) is 6.07. The molecule has 110 valence electrons. The van der Waals surface area contributed by atoms with Crippen molar-refractivity contribution < 1.29 is 13.9 Å². The molecule has 0 aliphatic carbocycles. The van der Waals surface area contributed by atoms with Crippen molar-refractivity contribution >= 4 is 11.6 Å². The summed E-state index contributed by atoms with van der Waals surface area (Å²) in [5.74, 6) is -0.994. The van der Waals surface area contributed by atoms with Gasteiger partial charge in [-0.1, -0.05) is 0 Å². The van der Waals surface area contributed by atoms with Gasteiger partial charge in [-0.25, -0.2) is 13.8 Å². The Hall–Kier alpha value is -1.43. The van der Waals surface area contributed by atoms with Crippen molar-refractivity contribution in [3.63, 3.8) is 0 Å². The minimum absolute atomic E-state index is 0.0921. The van der Waals surface area contributed by atoms with E-state index < -0.39 is 11.6 Å². The van der Waals surface area contributed by atoms with Crippen molar-refractivity contribution in [2.24, 2.45) is 0 Å². The first kappa shape index (κ1) is 13.5. The lowest BCUT2D eigenvalue weighted by atomic mass is 10.00. The van der Waals surface area contributed by atoms with Crippen LogP contribution in [0.5, 0.6) is 0 Å². The van der Waals surface area contributed by atoms with Gasteiger partial charge in [-0.3, -0.25) is 0 Å². The molecule has 3 rings (SSSR count). The summed E-state index contributed by atoms with van der Waals surface area (Å²) in [6, 6.07) is 1.10. The summed E-state index contributed by atoms with van der Waals surface area (Å²) in [5.41, 5.74) is 0. The average molecular weight is 283 g/mol. The summed E-state index contributed by atoms with van der Waals surface area (Å²) in [7, 11) is 0. The van der Waals surface area contributed by atoms with Crippen molar-refractivity contribution in [1.82, 2.24) is 4.98 Å². The maximum Gasteiger partial charge on any atom is 0.168 e. The Morgan fingerprint density at radius 2 is 1.95 bits per heavy atom. The normalized spacial score (nSPS) is 28.8. The van der Waals surface area contributed by atoms with Crippen LogP contribution in [0, 0.1) is 11.6 Å². The molecule has 3 heterocycles. The van der Waals surface area contributed by atoms with Gasteiger partial charge in [-0.15, -0.1) is 0 Å². The van der Waals surface area contributed by atoms with E-state index in [1.165, 1.54) is 0 Å². The van der Waals surface area contributed by atoms with Gasteiger partial charge in [-0.2, -0.15) is 0 Å². The molecule has 0 amide bonds. The second kappa shape index (κ2) is 5.16. The molecule has 2 atom stereocenters. The van der Waals surface area contributed by atoms with Gasteiger partial charge in [0, 0.05) is 24.7 Å². The molecule has 2 aliphatic rings. The molecule has 0 radical (unpaired) electrons. The quantitative estimate of drug-likeness (QED) is 0.893. The number of hydrogen-bond donors (Lipinski definition) is 2. The maximum atomic E-state index is 14.1. The Morgan fingerprint density at radius 1 is 1.30 bits per heavy atom. The highest BCUT2D eigenvalue weighted by molar-refractivity contribution is 5.52. The van der Waals surface area contributed by atoms with E-state index in [4.69, 9.17) is 0 Å².